The number of nitrogens with zero attached hydrogens (tertiary/aromatic N) is 2. The average Bonchev–Trinajstić information content (AvgIpc) is 3.15. The van der Waals surface area contributed by atoms with Gasteiger partial charge in [0.15, 0.2) is 0 Å². The van der Waals surface area contributed by atoms with Gasteiger partial charge in [-0.1, -0.05) is 51.1 Å². The molecule has 0 bridgehead atoms. The number of para-hydroxylation sites is 1. The van der Waals surface area contributed by atoms with Gasteiger partial charge >= 0.3 is 17.9 Å². The van der Waals surface area contributed by atoms with Crippen molar-refractivity contribution in [2.75, 3.05) is 16.5 Å². The summed E-state index contributed by atoms with van der Waals surface area (Å²) in [6, 6.07) is 11.1. The van der Waals surface area contributed by atoms with Crippen molar-refractivity contribution in [2.45, 2.75) is 45.3 Å². The number of carbonyl (C=O) groups is 2. The molecule has 2 heterocycles. The fraction of sp³-hybridized carbons (Fsp3) is 0.391. The number of alkyl halides is 2. The Bertz CT molecular complexity index is 1110. The third kappa shape index (κ3) is 2.91. The van der Waals surface area contributed by atoms with E-state index in [0.29, 0.717) is 11.3 Å². The van der Waals surface area contributed by atoms with Crippen LogP contribution in [0.4, 0.5) is 25.0 Å². The SMILES string of the molecule is C[C@H](O)c1cccc2c1C(F)(F)C(=O)N2CC1(C(C)(C)C)NN(C(=O)O)c2ccccc21. The number of hydrogen-bond donors (Lipinski definition) is 3. The van der Waals surface area contributed by atoms with Crippen molar-refractivity contribution in [3.05, 3.63) is 59.2 Å². The number of aliphatic hydroxyl groups is 1. The van der Waals surface area contributed by atoms with E-state index in [2.05, 4.69) is 5.43 Å². The molecule has 2 aromatic rings. The summed E-state index contributed by atoms with van der Waals surface area (Å²) in [6.45, 7) is 6.70. The molecule has 0 aromatic heterocycles. The zero-order valence-corrected chi connectivity index (χ0v) is 18.2. The molecule has 0 saturated carbocycles. The third-order valence-corrected chi connectivity index (χ3v) is 6.42. The number of hydrogen-bond acceptors (Lipinski definition) is 4. The number of hydrazine groups is 1. The van der Waals surface area contributed by atoms with E-state index in [9.17, 15) is 19.8 Å². The van der Waals surface area contributed by atoms with Gasteiger partial charge in [0.1, 0.15) is 0 Å². The third-order valence-electron chi connectivity index (χ3n) is 6.42. The number of aliphatic hydroxyl groups excluding tert-OH is 1. The summed E-state index contributed by atoms with van der Waals surface area (Å²) < 4.78 is 30.3. The molecule has 0 radical (unpaired) electrons. The number of benzene rings is 2. The van der Waals surface area contributed by atoms with Crippen LogP contribution in [-0.2, 0) is 16.3 Å². The fourth-order valence-electron chi connectivity index (χ4n) is 4.67. The molecule has 32 heavy (non-hydrogen) atoms. The van der Waals surface area contributed by atoms with Crippen molar-refractivity contribution >= 4 is 23.4 Å². The molecule has 2 atom stereocenters. The minimum Gasteiger partial charge on any atom is -0.464 e. The van der Waals surface area contributed by atoms with Crippen LogP contribution in [0.2, 0.25) is 0 Å². The van der Waals surface area contributed by atoms with Gasteiger partial charge in [-0.15, -0.1) is 0 Å². The van der Waals surface area contributed by atoms with Gasteiger partial charge in [-0.2, -0.15) is 8.78 Å². The molecule has 4 rings (SSSR count). The number of anilines is 2. The lowest BCUT2D eigenvalue weighted by molar-refractivity contribution is -0.142. The number of carbonyl (C=O) groups excluding carboxylic acids is 1. The maximum absolute atomic E-state index is 15.2. The van der Waals surface area contributed by atoms with E-state index in [1.165, 1.54) is 25.1 Å². The molecule has 2 aliphatic rings. The molecular weight excluding hydrogens is 420 g/mol. The second kappa shape index (κ2) is 6.98. The molecule has 0 saturated heterocycles. The highest BCUT2D eigenvalue weighted by atomic mass is 19.3. The maximum atomic E-state index is 15.2. The average molecular weight is 445 g/mol. The molecule has 2 aromatic carbocycles. The van der Waals surface area contributed by atoms with Crippen molar-refractivity contribution in [3.8, 4) is 0 Å². The molecule has 1 unspecified atom stereocenters. The van der Waals surface area contributed by atoms with Crippen molar-refractivity contribution in [1.29, 1.82) is 0 Å². The van der Waals surface area contributed by atoms with Crippen molar-refractivity contribution in [2.24, 2.45) is 5.41 Å². The Kier molecular flexibility index (Phi) is 4.83. The van der Waals surface area contributed by atoms with Gasteiger partial charge in [0.25, 0.3) is 0 Å². The van der Waals surface area contributed by atoms with E-state index in [0.717, 1.165) is 9.91 Å². The first kappa shape index (κ1) is 22.2. The quantitative estimate of drug-likeness (QED) is 0.661. The Morgan fingerprint density at radius 1 is 1.12 bits per heavy atom. The highest BCUT2D eigenvalue weighted by molar-refractivity contribution is 6.06. The summed E-state index contributed by atoms with van der Waals surface area (Å²) in [4.78, 5) is 25.9. The van der Waals surface area contributed by atoms with Crippen LogP contribution in [-0.4, -0.2) is 28.8 Å². The summed E-state index contributed by atoms with van der Waals surface area (Å²) in [5, 5.41) is 20.7. The first-order chi connectivity index (χ1) is 14.8. The van der Waals surface area contributed by atoms with E-state index in [1.54, 1.807) is 24.3 Å². The fourth-order valence-corrected chi connectivity index (χ4v) is 4.67. The van der Waals surface area contributed by atoms with E-state index in [-0.39, 0.29) is 17.8 Å². The number of amides is 2. The van der Waals surface area contributed by atoms with Crippen molar-refractivity contribution < 1.29 is 28.6 Å². The molecule has 0 spiro atoms. The lowest BCUT2D eigenvalue weighted by atomic mass is 9.69. The Balaban J connectivity index is 1.90. The smallest absolute Gasteiger partial charge is 0.426 e. The van der Waals surface area contributed by atoms with Crippen LogP contribution < -0.4 is 15.3 Å². The zero-order valence-electron chi connectivity index (χ0n) is 18.2. The van der Waals surface area contributed by atoms with Crippen LogP contribution in [0.5, 0.6) is 0 Å². The van der Waals surface area contributed by atoms with Crippen LogP contribution in [0.1, 0.15) is 50.5 Å². The molecular formula is C23H25F2N3O4. The van der Waals surface area contributed by atoms with E-state index < -0.39 is 40.5 Å². The first-order valence-corrected chi connectivity index (χ1v) is 10.2. The lowest BCUT2D eigenvalue weighted by Gasteiger charge is -2.44. The summed E-state index contributed by atoms with van der Waals surface area (Å²) in [5.74, 6) is -5.22. The maximum Gasteiger partial charge on any atom is 0.426 e. The van der Waals surface area contributed by atoms with E-state index in [1.807, 2.05) is 20.8 Å². The summed E-state index contributed by atoms with van der Waals surface area (Å²) in [7, 11) is 0. The van der Waals surface area contributed by atoms with E-state index in [4.69, 9.17) is 0 Å². The molecule has 0 fully saturated rings. The second-order valence-electron chi connectivity index (χ2n) is 9.29. The number of nitrogens with one attached hydrogen (secondary N) is 1. The molecule has 0 aliphatic carbocycles. The van der Waals surface area contributed by atoms with Gasteiger partial charge in [-0.3, -0.25) is 4.79 Å². The van der Waals surface area contributed by atoms with Crippen LogP contribution in [0, 0.1) is 5.41 Å². The Hall–Kier alpha value is -3.04. The highest BCUT2D eigenvalue weighted by Gasteiger charge is 2.59. The largest absolute Gasteiger partial charge is 0.464 e. The Morgan fingerprint density at radius 3 is 2.34 bits per heavy atom. The molecule has 2 amide bonds. The van der Waals surface area contributed by atoms with Crippen LogP contribution in [0.3, 0.4) is 0 Å². The van der Waals surface area contributed by atoms with Gasteiger partial charge in [0, 0.05) is 5.56 Å². The van der Waals surface area contributed by atoms with Gasteiger partial charge in [-0.05, 0) is 30.0 Å². The molecule has 3 N–H and O–H groups in total. The van der Waals surface area contributed by atoms with Crippen molar-refractivity contribution in [3.63, 3.8) is 0 Å². The predicted molar refractivity (Wildman–Crippen MR) is 115 cm³/mol. The zero-order chi connectivity index (χ0) is 23.6. The minimum absolute atomic E-state index is 0.00933. The molecule has 7 nitrogen and oxygen atoms in total. The Morgan fingerprint density at radius 2 is 1.75 bits per heavy atom. The second-order valence-corrected chi connectivity index (χ2v) is 9.29. The van der Waals surface area contributed by atoms with Crippen LogP contribution >= 0.6 is 0 Å². The van der Waals surface area contributed by atoms with Crippen molar-refractivity contribution in [1.82, 2.24) is 5.43 Å². The Labute approximate surface area is 184 Å². The van der Waals surface area contributed by atoms with Gasteiger partial charge < -0.3 is 15.1 Å². The number of halogens is 2. The number of carboxylic acid groups (broad SMARTS) is 1. The topological polar surface area (TPSA) is 93.1 Å². The predicted octanol–water partition coefficient (Wildman–Crippen LogP) is 4.12. The van der Waals surface area contributed by atoms with Gasteiger partial charge in [0.05, 0.1) is 35.1 Å². The van der Waals surface area contributed by atoms with Crippen LogP contribution in [0.15, 0.2) is 42.5 Å². The number of rotatable bonds is 3. The first-order valence-electron chi connectivity index (χ1n) is 10.2. The normalized spacial score (nSPS) is 22.7. The molecule has 2 aliphatic heterocycles. The summed E-state index contributed by atoms with van der Waals surface area (Å²) >= 11 is 0. The number of fused-ring (bicyclic) bond motifs is 2. The highest BCUT2D eigenvalue weighted by Crippen LogP contribution is 2.52. The minimum atomic E-state index is -3.81. The lowest BCUT2D eigenvalue weighted by Crippen LogP contribution is -2.61. The molecule has 9 heteroatoms. The van der Waals surface area contributed by atoms with Crippen LogP contribution in [0.25, 0.3) is 0 Å². The van der Waals surface area contributed by atoms with E-state index >= 15 is 8.78 Å². The standard InChI is InChI=1S/C23H25F2N3O4/c1-13(29)14-8-7-11-17-18(14)23(24,25)19(30)27(17)12-22(21(2,3)4)15-9-5-6-10-16(15)28(26-22)20(31)32/h5-11,13,26,29H,12H2,1-4H3,(H,31,32)/t13-,22?/m0/s1. The molecule has 170 valence electrons. The monoisotopic (exact) mass is 445 g/mol. The summed E-state index contributed by atoms with van der Waals surface area (Å²) in [6.07, 6.45) is -2.44. The summed E-state index contributed by atoms with van der Waals surface area (Å²) in [5.41, 5.74) is 1.58. The van der Waals surface area contributed by atoms with Gasteiger partial charge in [0.2, 0.25) is 0 Å². The van der Waals surface area contributed by atoms with Gasteiger partial charge in [-0.25, -0.2) is 15.2 Å².